The maximum absolute atomic E-state index is 8.90. The van der Waals surface area contributed by atoms with Gasteiger partial charge in [0.05, 0.1) is 0 Å². The van der Waals surface area contributed by atoms with E-state index in [9.17, 15) is 0 Å². The maximum Gasteiger partial charge on any atom is 0.119 e. The molecule has 3 heteroatoms. The zero-order chi connectivity index (χ0) is 13.5. The molecule has 0 unspecified atom stereocenters. The average Bonchev–Trinajstić information content (AvgIpc) is 2.47. The molecule has 1 atom stereocenters. The molecule has 19 heavy (non-hydrogen) atoms. The van der Waals surface area contributed by atoms with Crippen molar-refractivity contribution < 1.29 is 15.6 Å². The van der Waals surface area contributed by atoms with Crippen LogP contribution in [0, 0.1) is 0 Å². The smallest absolute Gasteiger partial charge is 0.119 e. The Morgan fingerprint density at radius 3 is 2.32 bits per heavy atom. The molecule has 0 spiro atoms. The van der Waals surface area contributed by atoms with Gasteiger partial charge >= 0.3 is 0 Å². The Hall–Kier alpha value is -1.84. The molecule has 0 radical (unpaired) electrons. The molecule has 0 bridgehead atoms. The van der Waals surface area contributed by atoms with Gasteiger partial charge in [-0.15, -0.1) is 0 Å². The number of quaternary nitrogens is 1. The summed E-state index contributed by atoms with van der Waals surface area (Å²) in [6.45, 7) is 0.741. The SMILES string of the molecule is [NH3+][C@H](CCO)c1ccc(OCc2ccccc2)cc1. The molecule has 0 aliphatic heterocycles. The first kappa shape index (κ1) is 13.6. The minimum Gasteiger partial charge on any atom is -0.489 e. The van der Waals surface area contributed by atoms with Gasteiger partial charge in [-0.05, 0) is 29.8 Å². The fraction of sp³-hybridized carbons (Fsp3) is 0.250. The molecule has 100 valence electrons. The molecule has 0 saturated carbocycles. The highest BCUT2D eigenvalue weighted by molar-refractivity contribution is 5.28. The zero-order valence-corrected chi connectivity index (χ0v) is 11.0. The van der Waals surface area contributed by atoms with Crippen LogP contribution in [-0.2, 0) is 6.61 Å². The molecule has 0 amide bonds. The lowest BCUT2D eigenvalue weighted by atomic mass is 10.1. The van der Waals surface area contributed by atoms with Crippen LogP contribution in [0.4, 0.5) is 0 Å². The van der Waals surface area contributed by atoms with Crippen LogP contribution in [0.15, 0.2) is 54.6 Å². The summed E-state index contributed by atoms with van der Waals surface area (Å²) in [5.41, 5.74) is 6.30. The monoisotopic (exact) mass is 258 g/mol. The Labute approximate surface area is 113 Å². The molecule has 0 heterocycles. The number of rotatable bonds is 6. The summed E-state index contributed by atoms with van der Waals surface area (Å²) in [5, 5.41) is 8.90. The summed E-state index contributed by atoms with van der Waals surface area (Å²) in [5.74, 6) is 0.851. The van der Waals surface area contributed by atoms with Gasteiger partial charge in [-0.1, -0.05) is 30.3 Å². The first-order valence-corrected chi connectivity index (χ1v) is 6.50. The van der Waals surface area contributed by atoms with E-state index in [1.807, 2.05) is 54.6 Å². The zero-order valence-electron chi connectivity index (χ0n) is 11.0. The van der Waals surface area contributed by atoms with Crippen molar-refractivity contribution in [2.45, 2.75) is 19.1 Å². The standard InChI is InChI=1S/C16H19NO2/c17-16(10-11-18)14-6-8-15(9-7-14)19-12-13-4-2-1-3-5-13/h1-9,16,18H,10-12,17H2/p+1/t16-/m1/s1. The van der Waals surface area contributed by atoms with Gasteiger partial charge in [-0.3, -0.25) is 0 Å². The summed E-state index contributed by atoms with van der Waals surface area (Å²) in [6, 6.07) is 18.1. The van der Waals surface area contributed by atoms with Crippen molar-refractivity contribution in [2.24, 2.45) is 0 Å². The fourth-order valence-corrected chi connectivity index (χ4v) is 1.90. The van der Waals surface area contributed by atoms with E-state index in [0.29, 0.717) is 13.0 Å². The van der Waals surface area contributed by atoms with Gasteiger partial charge in [-0.2, -0.15) is 0 Å². The summed E-state index contributed by atoms with van der Waals surface area (Å²) in [4.78, 5) is 0. The van der Waals surface area contributed by atoms with Crippen LogP contribution < -0.4 is 10.5 Å². The number of aliphatic hydroxyl groups excluding tert-OH is 1. The number of hydrogen-bond donors (Lipinski definition) is 2. The fourth-order valence-electron chi connectivity index (χ4n) is 1.90. The average molecular weight is 258 g/mol. The van der Waals surface area contributed by atoms with E-state index in [1.54, 1.807) is 0 Å². The van der Waals surface area contributed by atoms with Gasteiger partial charge in [0.1, 0.15) is 18.4 Å². The van der Waals surface area contributed by atoms with Crippen molar-refractivity contribution >= 4 is 0 Å². The summed E-state index contributed by atoms with van der Waals surface area (Å²) < 4.78 is 5.72. The highest BCUT2D eigenvalue weighted by Gasteiger charge is 2.08. The van der Waals surface area contributed by atoms with E-state index < -0.39 is 0 Å². The molecule has 0 saturated heterocycles. The quantitative estimate of drug-likeness (QED) is 0.832. The van der Waals surface area contributed by atoms with Gasteiger partial charge in [0.2, 0.25) is 0 Å². The molecule has 2 rings (SSSR count). The topological polar surface area (TPSA) is 57.1 Å². The Balaban J connectivity index is 1.92. The van der Waals surface area contributed by atoms with Gasteiger partial charge in [0.15, 0.2) is 0 Å². The van der Waals surface area contributed by atoms with E-state index in [-0.39, 0.29) is 12.6 Å². The van der Waals surface area contributed by atoms with Gasteiger partial charge < -0.3 is 15.6 Å². The summed E-state index contributed by atoms with van der Waals surface area (Å²) in [6.07, 6.45) is 0.685. The third-order valence-corrected chi connectivity index (χ3v) is 3.08. The lowest BCUT2D eigenvalue weighted by Crippen LogP contribution is -2.53. The van der Waals surface area contributed by atoms with Crippen LogP contribution in [0.5, 0.6) is 5.75 Å². The van der Waals surface area contributed by atoms with Gasteiger partial charge in [-0.25, -0.2) is 0 Å². The summed E-state index contributed by atoms with van der Waals surface area (Å²) in [7, 11) is 0. The third-order valence-electron chi connectivity index (χ3n) is 3.08. The Morgan fingerprint density at radius 2 is 1.68 bits per heavy atom. The van der Waals surface area contributed by atoms with Crippen LogP contribution in [0.25, 0.3) is 0 Å². The van der Waals surface area contributed by atoms with Crippen molar-refractivity contribution in [3.8, 4) is 5.75 Å². The molecular weight excluding hydrogens is 238 g/mol. The minimum atomic E-state index is 0.133. The van der Waals surface area contributed by atoms with E-state index in [4.69, 9.17) is 9.84 Å². The predicted octanol–water partition coefficient (Wildman–Crippen LogP) is 1.93. The predicted molar refractivity (Wildman–Crippen MR) is 74.5 cm³/mol. The maximum atomic E-state index is 8.90. The minimum absolute atomic E-state index is 0.133. The third kappa shape index (κ3) is 4.09. The van der Waals surface area contributed by atoms with E-state index >= 15 is 0 Å². The van der Waals surface area contributed by atoms with E-state index in [0.717, 1.165) is 16.9 Å². The van der Waals surface area contributed by atoms with Crippen molar-refractivity contribution in [3.05, 3.63) is 65.7 Å². The van der Waals surface area contributed by atoms with Crippen LogP contribution in [0.3, 0.4) is 0 Å². The van der Waals surface area contributed by atoms with E-state index in [2.05, 4.69) is 5.73 Å². The molecule has 0 fully saturated rings. The number of ether oxygens (including phenoxy) is 1. The van der Waals surface area contributed by atoms with Crippen molar-refractivity contribution in [1.29, 1.82) is 0 Å². The Bertz CT molecular complexity index is 482. The van der Waals surface area contributed by atoms with Gasteiger partial charge in [0, 0.05) is 18.6 Å². The highest BCUT2D eigenvalue weighted by atomic mass is 16.5. The van der Waals surface area contributed by atoms with Crippen LogP contribution >= 0.6 is 0 Å². The molecule has 2 aromatic carbocycles. The largest absolute Gasteiger partial charge is 0.489 e. The van der Waals surface area contributed by atoms with Crippen molar-refractivity contribution in [2.75, 3.05) is 6.61 Å². The second kappa shape index (κ2) is 6.92. The molecule has 0 aromatic heterocycles. The molecule has 0 aliphatic rings. The molecular formula is C16H20NO2+. The van der Waals surface area contributed by atoms with Crippen molar-refractivity contribution in [1.82, 2.24) is 0 Å². The summed E-state index contributed by atoms with van der Waals surface area (Å²) >= 11 is 0. The van der Waals surface area contributed by atoms with Gasteiger partial charge in [0.25, 0.3) is 0 Å². The first-order valence-electron chi connectivity index (χ1n) is 6.50. The lowest BCUT2D eigenvalue weighted by Gasteiger charge is -2.09. The second-order valence-electron chi connectivity index (χ2n) is 4.55. The van der Waals surface area contributed by atoms with Crippen LogP contribution in [0.1, 0.15) is 23.6 Å². The van der Waals surface area contributed by atoms with Crippen molar-refractivity contribution in [3.63, 3.8) is 0 Å². The Morgan fingerprint density at radius 1 is 1.00 bits per heavy atom. The Kier molecular flexibility index (Phi) is 4.95. The number of benzene rings is 2. The van der Waals surface area contributed by atoms with E-state index in [1.165, 1.54) is 0 Å². The normalized spacial score (nSPS) is 12.1. The molecule has 3 nitrogen and oxygen atoms in total. The second-order valence-corrected chi connectivity index (χ2v) is 4.55. The highest BCUT2D eigenvalue weighted by Crippen LogP contribution is 2.18. The first-order chi connectivity index (χ1) is 9.29. The van der Waals surface area contributed by atoms with Crippen LogP contribution in [-0.4, -0.2) is 11.7 Å². The lowest BCUT2D eigenvalue weighted by molar-refractivity contribution is -0.428. The molecule has 2 aromatic rings. The van der Waals surface area contributed by atoms with Crippen LogP contribution in [0.2, 0.25) is 0 Å². The molecule has 4 N–H and O–H groups in total. The number of hydrogen-bond acceptors (Lipinski definition) is 2. The number of aliphatic hydroxyl groups is 1. The molecule has 0 aliphatic carbocycles.